The highest BCUT2D eigenvalue weighted by atomic mass is 16.5. The molecule has 2 unspecified atom stereocenters. The van der Waals surface area contributed by atoms with Crippen molar-refractivity contribution >= 4 is 0 Å². The van der Waals surface area contributed by atoms with Crippen molar-refractivity contribution in [2.75, 3.05) is 13.2 Å². The molecule has 3 heteroatoms. The zero-order chi connectivity index (χ0) is 10.4. The smallest absolute Gasteiger partial charge is 0.109 e. The van der Waals surface area contributed by atoms with Crippen molar-refractivity contribution in [2.45, 2.75) is 45.1 Å². The van der Waals surface area contributed by atoms with Crippen molar-refractivity contribution in [3.05, 3.63) is 0 Å². The summed E-state index contributed by atoms with van der Waals surface area (Å²) in [4.78, 5) is 0. The van der Waals surface area contributed by atoms with Crippen molar-refractivity contribution < 1.29 is 9.84 Å². The summed E-state index contributed by atoms with van der Waals surface area (Å²) in [6, 6.07) is 2.23. The summed E-state index contributed by atoms with van der Waals surface area (Å²) in [5, 5.41) is 19.0. The summed E-state index contributed by atoms with van der Waals surface area (Å²) in [5.74, 6) is 0. The van der Waals surface area contributed by atoms with Crippen LogP contribution in [0.3, 0.4) is 0 Å². The average Bonchev–Trinajstić information content (AvgIpc) is 2.67. The number of nitriles is 1. The van der Waals surface area contributed by atoms with Gasteiger partial charge in [0, 0.05) is 6.61 Å². The standard InChI is InChI=1S/C11H19NO2/c1-2-3-4-5-10(13)11(8-12)6-7-14-9-11/h10,13H,2-7,9H2,1H3. The zero-order valence-corrected chi connectivity index (χ0v) is 8.83. The number of aliphatic hydroxyl groups excluding tert-OH is 1. The van der Waals surface area contributed by atoms with E-state index in [9.17, 15) is 5.11 Å². The average molecular weight is 197 g/mol. The fourth-order valence-corrected chi connectivity index (χ4v) is 1.87. The minimum absolute atomic E-state index is 0.400. The van der Waals surface area contributed by atoms with Crippen LogP contribution in [0, 0.1) is 16.7 Å². The Labute approximate surface area is 85.7 Å². The molecule has 1 aliphatic heterocycles. The van der Waals surface area contributed by atoms with Crippen molar-refractivity contribution in [1.82, 2.24) is 0 Å². The van der Waals surface area contributed by atoms with Crippen LogP contribution in [0.5, 0.6) is 0 Å². The highest BCUT2D eigenvalue weighted by Gasteiger charge is 2.41. The highest BCUT2D eigenvalue weighted by molar-refractivity contribution is 5.05. The van der Waals surface area contributed by atoms with Crippen molar-refractivity contribution in [3.63, 3.8) is 0 Å². The number of aliphatic hydroxyl groups is 1. The molecular weight excluding hydrogens is 178 g/mol. The third-order valence-electron chi connectivity index (χ3n) is 2.99. The summed E-state index contributed by atoms with van der Waals surface area (Å²) in [7, 11) is 0. The number of ether oxygens (including phenoxy) is 1. The summed E-state index contributed by atoms with van der Waals surface area (Å²) in [6.45, 7) is 3.14. The number of rotatable bonds is 5. The van der Waals surface area contributed by atoms with E-state index in [0.29, 0.717) is 19.6 Å². The Morgan fingerprint density at radius 1 is 1.57 bits per heavy atom. The van der Waals surface area contributed by atoms with Crippen LogP contribution in [0.15, 0.2) is 0 Å². The third kappa shape index (κ3) is 2.46. The van der Waals surface area contributed by atoms with Gasteiger partial charge in [-0.15, -0.1) is 0 Å². The largest absolute Gasteiger partial charge is 0.391 e. The van der Waals surface area contributed by atoms with E-state index in [0.717, 1.165) is 25.7 Å². The SMILES string of the molecule is CCCCCC(O)C1(C#N)CCOC1. The fourth-order valence-electron chi connectivity index (χ4n) is 1.87. The molecule has 0 radical (unpaired) electrons. The molecule has 1 fully saturated rings. The number of hydrogen-bond donors (Lipinski definition) is 1. The lowest BCUT2D eigenvalue weighted by molar-refractivity contribution is 0.0432. The van der Waals surface area contributed by atoms with Gasteiger partial charge in [-0.1, -0.05) is 26.2 Å². The van der Waals surface area contributed by atoms with Gasteiger partial charge in [0.05, 0.1) is 18.8 Å². The first-order valence-corrected chi connectivity index (χ1v) is 5.42. The van der Waals surface area contributed by atoms with Gasteiger partial charge in [0.1, 0.15) is 5.41 Å². The van der Waals surface area contributed by atoms with Crippen LogP contribution in [0.2, 0.25) is 0 Å². The Bertz CT molecular complexity index is 204. The van der Waals surface area contributed by atoms with E-state index in [-0.39, 0.29) is 0 Å². The lowest BCUT2D eigenvalue weighted by atomic mass is 9.80. The molecule has 0 spiro atoms. The van der Waals surface area contributed by atoms with Gasteiger partial charge in [0.25, 0.3) is 0 Å². The van der Waals surface area contributed by atoms with Crippen LogP contribution in [0.4, 0.5) is 0 Å². The number of nitrogens with zero attached hydrogens (tertiary/aromatic N) is 1. The maximum absolute atomic E-state index is 9.92. The van der Waals surface area contributed by atoms with Crippen LogP contribution in [-0.2, 0) is 4.74 Å². The van der Waals surface area contributed by atoms with E-state index >= 15 is 0 Å². The van der Waals surface area contributed by atoms with Gasteiger partial charge in [0.15, 0.2) is 0 Å². The van der Waals surface area contributed by atoms with E-state index in [1.54, 1.807) is 0 Å². The van der Waals surface area contributed by atoms with Crippen molar-refractivity contribution in [1.29, 1.82) is 5.26 Å². The molecule has 2 atom stereocenters. The van der Waals surface area contributed by atoms with Crippen LogP contribution in [-0.4, -0.2) is 24.4 Å². The van der Waals surface area contributed by atoms with Gasteiger partial charge in [-0.05, 0) is 12.8 Å². The van der Waals surface area contributed by atoms with Crippen LogP contribution >= 0.6 is 0 Å². The predicted octanol–water partition coefficient (Wildman–Crippen LogP) is 1.86. The minimum Gasteiger partial charge on any atom is -0.391 e. The second kappa shape index (κ2) is 5.33. The minimum atomic E-state index is -0.617. The van der Waals surface area contributed by atoms with Gasteiger partial charge in [-0.25, -0.2) is 0 Å². The first-order chi connectivity index (χ1) is 6.75. The highest BCUT2D eigenvalue weighted by Crippen LogP contribution is 2.33. The molecule has 0 aromatic rings. The Hall–Kier alpha value is -0.590. The molecular formula is C11H19NO2. The van der Waals surface area contributed by atoms with E-state index in [1.165, 1.54) is 0 Å². The predicted molar refractivity (Wildman–Crippen MR) is 53.6 cm³/mol. The lowest BCUT2D eigenvalue weighted by Gasteiger charge is -2.25. The molecule has 0 bridgehead atoms. The lowest BCUT2D eigenvalue weighted by Crippen LogP contribution is -2.34. The zero-order valence-electron chi connectivity index (χ0n) is 8.83. The molecule has 0 amide bonds. The molecule has 1 aliphatic rings. The molecule has 0 aliphatic carbocycles. The fraction of sp³-hybridized carbons (Fsp3) is 0.909. The molecule has 0 aromatic heterocycles. The third-order valence-corrected chi connectivity index (χ3v) is 2.99. The molecule has 0 saturated carbocycles. The van der Waals surface area contributed by atoms with Crippen LogP contribution in [0.25, 0.3) is 0 Å². The Morgan fingerprint density at radius 3 is 2.86 bits per heavy atom. The number of hydrogen-bond acceptors (Lipinski definition) is 3. The molecule has 0 aromatic carbocycles. The maximum Gasteiger partial charge on any atom is 0.109 e. The van der Waals surface area contributed by atoms with Crippen LogP contribution < -0.4 is 0 Å². The molecule has 1 N–H and O–H groups in total. The first-order valence-electron chi connectivity index (χ1n) is 5.42. The summed E-state index contributed by atoms with van der Waals surface area (Å²) < 4.78 is 5.20. The first kappa shape index (κ1) is 11.5. The van der Waals surface area contributed by atoms with Crippen molar-refractivity contribution in [3.8, 4) is 6.07 Å². The van der Waals surface area contributed by atoms with Gasteiger partial charge < -0.3 is 9.84 Å². The number of unbranched alkanes of at least 4 members (excludes halogenated alkanes) is 2. The van der Waals surface area contributed by atoms with Gasteiger partial charge in [0.2, 0.25) is 0 Å². The van der Waals surface area contributed by atoms with E-state index in [2.05, 4.69) is 13.0 Å². The monoisotopic (exact) mass is 197 g/mol. The van der Waals surface area contributed by atoms with Gasteiger partial charge in [-0.2, -0.15) is 5.26 Å². The Morgan fingerprint density at radius 2 is 2.36 bits per heavy atom. The van der Waals surface area contributed by atoms with Gasteiger partial charge >= 0.3 is 0 Å². The van der Waals surface area contributed by atoms with Gasteiger partial charge in [-0.3, -0.25) is 0 Å². The topological polar surface area (TPSA) is 53.2 Å². The molecule has 80 valence electrons. The molecule has 1 rings (SSSR count). The summed E-state index contributed by atoms with van der Waals surface area (Å²) in [5.41, 5.74) is -0.617. The van der Waals surface area contributed by atoms with E-state index < -0.39 is 11.5 Å². The van der Waals surface area contributed by atoms with E-state index in [4.69, 9.17) is 10.00 Å². The second-order valence-corrected chi connectivity index (χ2v) is 4.08. The Balaban J connectivity index is 2.40. The normalized spacial score (nSPS) is 28.6. The molecule has 1 heterocycles. The maximum atomic E-state index is 9.92. The quantitative estimate of drug-likeness (QED) is 0.684. The Kier molecular flexibility index (Phi) is 4.37. The summed E-state index contributed by atoms with van der Waals surface area (Å²) >= 11 is 0. The van der Waals surface area contributed by atoms with Crippen LogP contribution in [0.1, 0.15) is 39.0 Å². The molecule has 14 heavy (non-hydrogen) atoms. The second-order valence-electron chi connectivity index (χ2n) is 4.08. The molecule has 1 saturated heterocycles. The van der Waals surface area contributed by atoms with Crippen molar-refractivity contribution in [2.24, 2.45) is 5.41 Å². The molecule has 3 nitrogen and oxygen atoms in total. The summed E-state index contributed by atoms with van der Waals surface area (Å²) in [6.07, 6.45) is 4.16. The van der Waals surface area contributed by atoms with E-state index in [1.807, 2.05) is 0 Å².